The van der Waals surface area contributed by atoms with Crippen LogP contribution in [0.2, 0.25) is 0 Å². The van der Waals surface area contributed by atoms with Crippen molar-refractivity contribution in [2.75, 3.05) is 98.2 Å². The normalized spacial score (nSPS) is 16.5. The number of fused-ring (bicyclic) bond motifs is 1. The van der Waals surface area contributed by atoms with Crippen molar-refractivity contribution in [1.82, 2.24) is 97.9 Å². The molecule has 0 spiro atoms. The Kier molecular flexibility index (Phi) is 45.7. The van der Waals surface area contributed by atoms with Crippen molar-refractivity contribution in [1.29, 1.82) is 10.8 Å². The topological polar surface area (TPSA) is 711 Å². The predicted octanol–water partition coefficient (Wildman–Crippen LogP) is -6.52. The number of imidazole rings is 1. The van der Waals surface area contributed by atoms with E-state index in [0.717, 1.165) is 0 Å². The molecule has 2 fully saturated rings. The number of carbonyl (C=O) groups is 16. The van der Waals surface area contributed by atoms with Gasteiger partial charge >= 0.3 is 29.8 Å². The fourth-order valence-corrected chi connectivity index (χ4v) is 13.9. The zero-order valence-electron chi connectivity index (χ0n) is 68.3. The Morgan fingerprint density at radius 3 is 1.50 bits per heavy atom. The Morgan fingerprint density at radius 2 is 0.992 bits per heavy atom. The molecule has 2 aliphatic heterocycles. The minimum atomic E-state index is -2.11. The number of nitrogens with zero attached hydrogens (tertiary/aromatic N) is 7. The van der Waals surface area contributed by atoms with Gasteiger partial charge in [-0.2, -0.15) is 5.37 Å². The summed E-state index contributed by atoms with van der Waals surface area (Å²) >= 11 is 16.1. The molecule has 11 atom stereocenters. The SMILES string of the molecule is CC(C)C(NC(=O)C1CCCN1C(=O)C(CCCNC(=N)N)NC(=O)C([S-])NC(=O)C(Cc1c[nH]c2ccccc12)NC(=O)C(CCCNC(=N)N)NC(=O)[C@H](Cc1ccccc1)NC(=O)C(Cc1cnc[nH]1)NC(=O)C(CCC(=O)O)NC(=O)C([S-])[N-]C(=O)C([S-])NC(=O)CN1CCN(CC(=O)O)CCN(CC(=O)O)CCN(CC(=O)O)CC1)C(=O)O.[OH-].[Re]. The largest absolute Gasteiger partial charge is 0.870 e. The number of aromatic nitrogens is 3. The number of carbonyl (C=O) groups excluding carboxylic acids is 11. The molecule has 25 N–H and O–H groups in total. The predicted molar refractivity (Wildman–Crippen MR) is 449 cm³/mol. The Balaban J connectivity index is 0.0000164. The van der Waals surface area contributed by atoms with Crippen molar-refractivity contribution in [2.45, 2.75) is 149 Å². The molecule has 125 heavy (non-hydrogen) atoms. The molecule has 2 saturated heterocycles. The second-order valence-electron chi connectivity index (χ2n) is 29.5. The summed E-state index contributed by atoms with van der Waals surface area (Å²) in [5, 5.41) is 89.9. The van der Waals surface area contributed by atoms with E-state index < -0.39 is 217 Å². The number of nitrogens with two attached hydrogens (primary N) is 2. The molecule has 2 aliphatic rings. The molecule has 6 rings (SSSR count). The molecule has 689 valence electrons. The van der Waals surface area contributed by atoms with Crippen LogP contribution in [0, 0.1) is 16.7 Å². The number of benzene rings is 2. The van der Waals surface area contributed by atoms with Gasteiger partial charge in [0.1, 0.15) is 48.3 Å². The van der Waals surface area contributed by atoms with Crippen LogP contribution >= 0.6 is 0 Å². The third-order valence-corrected chi connectivity index (χ3v) is 20.7. The van der Waals surface area contributed by atoms with Crippen LogP contribution in [-0.2, 0) is 154 Å². The van der Waals surface area contributed by atoms with Crippen LogP contribution in [0.15, 0.2) is 73.3 Å². The molecule has 50 heteroatoms. The molecule has 4 aromatic rings. The third kappa shape index (κ3) is 37.2. The van der Waals surface area contributed by atoms with Crippen LogP contribution in [0.5, 0.6) is 0 Å². The van der Waals surface area contributed by atoms with E-state index >= 15 is 9.59 Å². The molecule has 0 aliphatic carbocycles. The standard InChI is InChI=1S/C75H110N24O21S3.H2O.Re/c1-41(2)59(73(119)120)92-65(114)53-17-10-22-99(53)72(118)49(16-9-21-82-75(78)79)87-67(116)70(122)93-64(113)51(32-43-34-83-46-14-7-6-13-45(43)46)89-60(109)47(15-8-20-81-74(76)77)85-62(111)50(31-42-11-4-3-5-12-42)88-63(112)52(33-44-35-80-40-84-44)90-61(110)48(18-19-55(101)102)86-66(115)71(123)94-68(117)69(121)91-54(100)36-95-23-25-96(37-56(103)104)27-29-98(39-58(107)108)30-28-97(26-24-95)38-57(105)106;;/h3-7,11-14,34-35,40-41,47-53,59,69-71,83H,8-10,15-33,36-39H2,1-2H3,(H27,76,77,78,79,80,81,82,84,85,86,87,88,89,90,91,92,93,94,100,101,102,103,104,105,106,107,108,109,110,111,112,113,114,115,116,117,119,120,121,122,123);1H2;/p-5/t47?,48?,49?,50-,51?,52?,53?,59?,69?,70?,71?;;/m0../s1. The number of rotatable bonds is 47. The quantitative estimate of drug-likeness (QED) is 0.00846. The van der Waals surface area contributed by atoms with E-state index in [-0.39, 0.29) is 154 Å². The van der Waals surface area contributed by atoms with E-state index in [1.807, 2.05) is 0 Å². The number of hydrogen-bond donors (Lipinski definition) is 22. The third-order valence-electron chi connectivity index (χ3n) is 19.7. The molecule has 0 bridgehead atoms. The van der Waals surface area contributed by atoms with Gasteiger partial charge < -0.3 is 164 Å². The molecule has 2 aromatic carbocycles. The van der Waals surface area contributed by atoms with E-state index in [1.165, 1.54) is 27.2 Å². The maximum absolute atomic E-state index is 15.1. The van der Waals surface area contributed by atoms with Gasteiger partial charge in [-0.15, -0.1) is 0 Å². The van der Waals surface area contributed by atoms with Gasteiger partial charge in [0, 0.05) is 153 Å². The zero-order chi connectivity index (χ0) is 90.6. The van der Waals surface area contributed by atoms with E-state index in [2.05, 4.69) is 78.8 Å². The number of hydrogen-bond acceptors (Lipinski definition) is 27. The van der Waals surface area contributed by atoms with Crippen molar-refractivity contribution in [3.63, 3.8) is 0 Å². The molecule has 2 aromatic heterocycles. The first-order chi connectivity index (χ1) is 58.3. The average Bonchev–Trinajstić information content (AvgIpc) is 1.71. The van der Waals surface area contributed by atoms with Gasteiger partial charge in [-0.3, -0.25) is 97.5 Å². The van der Waals surface area contributed by atoms with Crippen LogP contribution in [0.3, 0.4) is 0 Å². The van der Waals surface area contributed by atoms with E-state index in [1.54, 1.807) is 84.4 Å². The smallest absolute Gasteiger partial charge is 0.326 e. The number of carboxylic acid groups (broad SMARTS) is 5. The van der Waals surface area contributed by atoms with Crippen molar-refractivity contribution in [2.24, 2.45) is 17.4 Å². The summed E-state index contributed by atoms with van der Waals surface area (Å²) in [5.74, 6) is -19.1. The first kappa shape index (κ1) is 106. The van der Waals surface area contributed by atoms with Crippen molar-refractivity contribution in [3.05, 3.63) is 95.5 Å². The second-order valence-corrected chi connectivity index (χ2v) is 30.9. The van der Waals surface area contributed by atoms with Gasteiger partial charge in [-0.05, 0) is 78.8 Å². The Bertz CT molecular complexity index is 4320. The summed E-state index contributed by atoms with van der Waals surface area (Å²) in [6, 6.07) is 2.74. The Morgan fingerprint density at radius 1 is 0.528 bits per heavy atom. The molecule has 10 unspecified atom stereocenters. The number of amides is 11. The van der Waals surface area contributed by atoms with Gasteiger partial charge in [0.05, 0.1) is 32.5 Å². The number of likely N-dealkylation sites (tertiary alicyclic amines) is 1. The van der Waals surface area contributed by atoms with Crippen molar-refractivity contribution >= 4 is 156 Å². The van der Waals surface area contributed by atoms with Crippen LogP contribution in [0.4, 0.5) is 0 Å². The van der Waals surface area contributed by atoms with Gasteiger partial charge in [0.2, 0.25) is 53.2 Å². The Hall–Kier alpha value is -11.2. The number of para-hydroxylation sites is 1. The molecule has 0 saturated carbocycles. The number of H-pyrrole nitrogens is 2. The molecular weight excluding hydrogens is 1870 g/mol. The summed E-state index contributed by atoms with van der Waals surface area (Å²) in [6.45, 7) is 1.96. The van der Waals surface area contributed by atoms with E-state index in [9.17, 15) is 92.7 Å². The van der Waals surface area contributed by atoms with Gasteiger partial charge in [0.25, 0.3) is 0 Å². The minimum absolute atomic E-state index is 0. The Labute approximate surface area is 748 Å². The first-order valence-corrected chi connectivity index (χ1v) is 40.7. The molecule has 11 amide bonds. The summed E-state index contributed by atoms with van der Waals surface area (Å²) in [5.41, 5.74) is 12.8. The fraction of sp³-hybridized carbons (Fsp3) is 0.533. The summed E-state index contributed by atoms with van der Waals surface area (Å²) in [7, 11) is 0. The summed E-state index contributed by atoms with van der Waals surface area (Å²) in [4.78, 5) is 235. The van der Waals surface area contributed by atoms with E-state index in [0.29, 0.717) is 28.5 Å². The first-order valence-electron chi connectivity index (χ1n) is 39.3. The summed E-state index contributed by atoms with van der Waals surface area (Å²) in [6.07, 6.45) is 1.83. The van der Waals surface area contributed by atoms with Crippen molar-refractivity contribution < 1.29 is 128 Å². The monoisotopic (exact) mass is 1980 g/mol. The van der Waals surface area contributed by atoms with Crippen LogP contribution in [-0.4, -0.2) is 340 Å². The van der Waals surface area contributed by atoms with Crippen LogP contribution in [0.25, 0.3) is 16.2 Å². The summed E-state index contributed by atoms with van der Waals surface area (Å²) < 4.78 is 0. The van der Waals surface area contributed by atoms with Gasteiger partial charge in [0.15, 0.2) is 17.8 Å². The van der Waals surface area contributed by atoms with Gasteiger partial charge in [-0.1, -0.05) is 62.4 Å². The second kappa shape index (κ2) is 53.8. The van der Waals surface area contributed by atoms with Crippen molar-refractivity contribution in [3.8, 4) is 0 Å². The number of aliphatic carboxylic acids is 5. The fourth-order valence-electron chi connectivity index (χ4n) is 13.4. The van der Waals surface area contributed by atoms with Gasteiger partial charge in [-0.25, -0.2) is 9.78 Å². The number of guanidine groups is 2. The maximum Gasteiger partial charge on any atom is 0.326 e. The maximum atomic E-state index is 15.1. The number of aromatic amines is 2. The molecule has 46 nitrogen and oxygen atoms in total. The molecule has 4 heterocycles. The van der Waals surface area contributed by atoms with E-state index in [4.69, 9.17) is 60.2 Å². The average molecular weight is 1980 g/mol. The molecular formula is C75H107N24O22ReS3-5. The zero-order valence-corrected chi connectivity index (χ0v) is 73.5. The number of nitrogens with one attached hydrogen (secondary N) is 15. The van der Waals surface area contributed by atoms with Crippen LogP contribution in [0.1, 0.15) is 82.0 Å². The van der Waals surface area contributed by atoms with Crippen LogP contribution < -0.4 is 70.0 Å². The minimum Gasteiger partial charge on any atom is -0.870 e. The number of carboxylic acids is 5. The molecule has 1 radical (unpaired) electrons.